The van der Waals surface area contributed by atoms with Gasteiger partial charge in [0.2, 0.25) is 0 Å². The minimum Gasteiger partial charge on any atom is -0.393 e. The van der Waals surface area contributed by atoms with Crippen LogP contribution in [0.1, 0.15) is 53.4 Å². The maximum atomic E-state index is 11.0. The Morgan fingerprint density at radius 1 is 1.53 bits per heavy atom. The molecule has 1 atom stereocenters. The van der Waals surface area contributed by atoms with E-state index in [0.717, 1.165) is 19.3 Å². The lowest BCUT2D eigenvalue weighted by atomic mass is 9.70. The molecule has 0 aliphatic heterocycles. The van der Waals surface area contributed by atoms with Gasteiger partial charge in [0.1, 0.15) is 5.78 Å². The van der Waals surface area contributed by atoms with Gasteiger partial charge in [0.15, 0.2) is 0 Å². The Morgan fingerprint density at radius 2 is 2.13 bits per heavy atom. The average molecular weight is 210 g/mol. The van der Waals surface area contributed by atoms with Gasteiger partial charge in [0.05, 0.1) is 6.10 Å². The summed E-state index contributed by atoms with van der Waals surface area (Å²) in [6.45, 7) is 8.04. The zero-order valence-electron chi connectivity index (χ0n) is 10.3. The summed E-state index contributed by atoms with van der Waals surface area (Å²) in [4.78, 5) is 11.0. The van der Waals surface area contributed by atoms with Crippen molar-refractivity contribution in [3.05, 3.63) is 11.1 Å². The van der Waals surface area contributed by atoms with Gasteiger partial charge in [-0.25, -0.2) is 0 Å². The van der Waals surface area contributed by atoms with Gasteiger partial charge in [-0.15, -0.1) is 0 Å². The lowest BCUT2D eigenvalue weighted by Gasteiger charge is -2.37. The fourth-order valence-electron chi connectivity index (χ4n) is 2.69. The SMILES string of the molecule is CC(=O)CCC1=C(C)CC(O)CC1(C)C. The molecule has 0 saturated carbocycles. The second-order valence-corrected chi connectivity index (χ2v) is 5.41. The van der Waals surface area contributed by atoms with Crippen LogP contribution in [0, 0.1) is 5.41 Å². The maximum Gasteiger partial charge on any atom is 0.130 e. The van der Waals surface area contributed by atoms with Crippen LogP contribution in [0.15, 0.2) is 11.1 Å². The molecular weight excluding hydrogens is 188 g/mol. The van der Waals surface area contributed by atoms with E-state index in [1.165, 1.54) is 11.1 Å². The van der Waals surface area contributed by atoms with E-state index in [4.69, 9.17) is 0 Å². The van der Waals surface area contributed by atoms with Crippen molar-refractivity contribution >= 4 is 5.78 Å². The number of ketones is 1. The van der Waals surface area contributed by atoms with Gasteiger partial charge >= 0.3 is 0 Å². The predicted molar refractivity (Wildman–Crippen MR) is 61.6 cm³/mol. The van der Waals surface area contributed by atoms with Crippen LogP contribution < -0.4 is 0 Å². The van der Waals surface area contributed by atoms with Crippen molar-refractivity contribution in [1.82, 2.24) is 0 Å². The van der Waals surface area contributed by atoms with Crippen LogP contribution in [0.4, 0.5) is 0 Å². The monoisotopic (exact) mass is 210 g/mol. The molecule has 0 bridgehead atoms. The Morgan fingerprint density at radius 3 is 2.60 bits per heavy atom. The van der Waals surface area contributed by atoms with Gasteiger partial charge in [0, 0.05) is 6.42 Å². The lowest BCUT2D eigenvalue weighted by molar-refractivity contribution is -0.117. The summed E-state index contributed by atoms with van der Waals surface area (Å²) in [7, 11) is 0. The summed E-state index contributed by atoms with van der Waals surface area (Å²) in [6, 6.07) is 0. The van der Waals surface area contributed by atoms with Crippen LogP contribution >= 0.6 is 0 Å². The fourth-order valence-corrected chi connectivity index (χ4v) is 2.69. The van der Waals surface area contributed by atoms with Gasteiger partial charge in [-0.2, -0.15) is 0 Å². The number of allylic oxidation sites excluding steroid dienone is 1. The summed E-state index contributed by atoms with van der Waals surface area (Å²) in [5, 5.41) is 9.71. The standard InChI is InChI=1S/C13H22O2/c1-9-7-11(15)8-13(3,4)12(9)6-5-10(2)14/h11,15H,5-8H2,1-4H3. The van der Waals surface area contributed by atoms with Crippen LogP contribution in [0.2, 0.25) is 0 Å². The van der Waals surface area contributed by atoms with Crippen LogP contribution in [0.5, 0.6) is 0 Å². The number of aliphatic hydroxyl groups is 1. The molecule has 2 heteroatoms. The molecule has 0 fully saturated rings. The third kappa shape index (κ3) is 3.16. The molecule has 2 nitrogen and oxygen atoms in total. The fraction of sp³-hybridized carbons (Fsp3) is 0.769. The zero-order chi connectivity index (χ0) is 11.6. The molecule has 15 heavy (non-hydrogen) atoms. The largest absolute Gasteiger partial charge is 0.393 e. The van der Waals surface area contributed by atoms with Crippen molar-refractivity contribution in [3.8, 4) is 0 Å². The Bertz CT molecular complexity index is 287. The topological polar surface area (TPSA) is 37.3 Å². The summed E-state index contributed by atoms with van der Waals surface area (Å²) in [6.07, 6.45) is 2.88. The van der Waals surface area contributed by atoms with Gasteiger partial charge in [0.25, 0.3) is 0 Å². The highest BCUT2D eigenvalue weighted by Crippen LogP contribution is 2.42. The highest BCUT2D eigenvalue weighted by atomic mass is 16.3. The molecule has 0 radical (unpaired) electrons. The third-order valence-corrected chi connectivity index (χ3v) is 3.35. The second kappa shape index (κ2) is 4.48. The molecular formula is C13H22O2. The van der Waals surface area contributed by atoms with E-state index in [2.05, 4.69) is 20.8 Å². The van der Waals surface area contributed by atoms with Crippen molar-refractivity contribution < 1.29 is 9.90 Å². The molecule has 1 N–H and O–H groups in total. The van der Waals surface area contributed by atoms with Crippen molar-refractivity contribution in [2.45, 2.75) is 59.5 Å². The molecule has 0 amide bonds. The summed E-state index contributed by atoms with van der Waals surface area (Å²) in [5.41, 5.74) is 2.71. The number of Topliss-reactive ketones (excluding diaryl/α,β-unsaturated/α-hetero) is 1. The first kappa shape index (κ1) is 12.4. The second-order valence-electron chi connectivity index (χ2n) is 5.41. The van der Waals surface area contributed by atoms with Crippen molar-refractivity contribution in [1.29, 1.82) is 0 Å². The van der Waals surface area contributed by atoms with Gasteiger partial charge in [-0.3, -0.25) is 0 Å². The van der Waals surface area contributed by atoms with Gasteiger partial charge in [-0.05, 0) is 38.5 Å². The molecule has 0 spiro atoms. The Balaban J connectivity index is 2.81. The minimum atomic E-state index is -0.207. The normalized spacial score (nSPS) is 25.5. The van der Waals surface area contributed by atoms with E-state index in [-0.39, 0.29) is 17.3 Å². The minimum absolute atomic E-state index is 0.0528. The molecule has 1 aliphatic carbocycles. The Kier molecular flexibility index (Phi) is 3.72. The predicted octanol–water partition coefficient (Wildman–Crippen LogP) is 2.85. The molecule has 1 aliphatic rings. The molecule has 0 aromatic carbocycles. The van der Waals surface area contributed by atoms with Crippen molar-refractivity contribution in [3.63, 3.8) is 0 Å². The molecule has 0 aromatic heterocycles. The van der Waals surface area contributed by atoms with E-state index < -0.39 is 0 Å². The smallest absolute Gasteiger partial charge is 0.130 e. The van der Waals surface area contributed by atoms with Crippen LogP contribution in [0.3, 0.4) is 0 Å². The van der Waals surface area contributed by atoms with Crippen molar-refractivity contribution in [2.75, 3.05) is 0 Å². The highest BCUT2D eigenvalue weighted by Gasteiger charge is 2.32. The van der Waals surface area contributed by atoms with E-state index in [1.54, 1.807) is 6.92 Å². The first-order valence-electron chi connectivity index (χ1n) is 5.69. The van der Waals surface area contributed by atoms with E-state index >= 15 is 0 Å². The van der Waals surface area contributed by atoms with Gasteiger partial charge < -0.3 is 9.90 Å². The van der Waals surface area contributed by atoms with Crippen LogP contribution in [-0.2, 0) is 4.79 Å². The first-order valence-corrected chi connectivity index (χ1v) is 5.69. The quantitative estimate of drug-likeness (QED) is 0.727. The van der Waals surface area contributed by atoms with Gasteiger partial charge in [-0.1, -0.05) is 25.0 Å². The van der Waals surface area contributed by atoms with E-state index in [1.807, 2.05) is 0 Å². The number of hydrogen-bond acceptors (Lipinski definition) is 2. The maximum absolute atomic E-state index is 11.0. The summed E-state index contributed by atoms with van der Waals surface area (Å²) in [5.74, 6) is 0.247. The number of rotatable bonds is 3. The summed E-state index contributed by atoms with van der Waals surface area (Å²) < 4.78 is 0. The van der Waals surface area contributed by atoms with E-state index in [9.17, 15) is 9.90 Å². The van der Waals surface area contributed by atoms with E-state index in [0.29, 0.717) is 6.42 Å². The molecule has 0 aromatic rings. The number of hydrogen-bond donors (Lipinski definition) is 1. The molecule has 86 valence electrons. The lowest BCUT2D eigenvalue weighted by Crippen LogP contribution is -2.29. The van der Waals surface area contributed by atoms with Crippen LogP contribution in [0.25, 0.3) is 0 Å². The number of aliphatic hydroxyl groups excluding tert-OH is 1. The number of carbonyl (C=O) groups is 1. The summed E-state index contributed by atoms with van der Waals surface area (Å²) >= 11 is 0. The molecule has 1 unspecified atom stereocenters. The third-order valence-electron chi connectivity index (χ3n) is 3.35. The molecule has 0 saturated heterocycles. The first-order chi connectivity index (χ1) is 6.83. The Labute approximate surface area is 92.4 Å². The van der Waals surface area contributed by atoms with Crippen LogP contribution in [-0.4, -0.2) is 17.0 Å². The zero-order valence-corrected chi connectivity index (χ0v) is 10.3. The molecule has 1 rings (SSSR count). The highest BCUT2D eigenvalue weighted by molar-refractivity contribution is 5.75. The molecule has 0 heterocycles. The van der Waals surface area contributed by atoms with Crippen molar-refractivity contribution in [2.24, 2.45) is 5.41 Å². The Hall–Kier alpha value is -0.630. The average Bonchev–Trinajstić information content (AvgIpc) is 1.98. The number of carbonyl (C=O) groups excluding carboxylic acids is 1.